The summed E-state index contributed by atoms with van der Waals surface area (Å²) < 4.78 is 37.1. The molecule has 1 aliphatic rings. The highest BCUT2D eigenvalue weighted by atomic mass is 32.2. The summed E-state index contributed by atoms with van der Waals surface area (Å²) in [6, 6.07) is -0.979. The molecule has 0 aromatic heterocycles. The van der Waals surface area contributed by atoms with Gasteiger partial charge in [-0.25, -0.2) is 0 Å². The molecule has 9 heteroatoms. The van der Waals surface area contributed by atoms with E-state index in [1.54, 1.807) is 0 Å². The summed E-state index contributed by atoms with van der Waals surface area (Å²) in [5.41, 5.74) is 0. The van der Waals surface area contributed by atoms with Crippen molar-refractivity contribution in [2.24, 2.45) is 0 Å². The highest BCUT2D eigenvalue weighted by molar-refractivity contribution is 7.86. The fourth-order valence-corrected chi connectivity index (χ4v) is 3.92. The Balaban J connectivity index is 2.87. The standard InChI is InChI=1S/C11H22N2O6S/c1-18-8-6-12(7-9-19-2)20(16,17)13-5-3-4-10(13)11(14)15/h10H,3-9H2,1-2H3,(H,14,15)/t10-/m0/s1. The largest absolute Gasteiger partial charge is 0.480 e. The summed E-state index contributed by atoms with van der Waals surface area (Å²) in [5, 5.41) is 9.11. The van der Waals surface area contributed by atoms with Crippen molar-refractivity contribution in [2.75, 3.05) is 47.1 Å². The quantitative estimate of drug-likeness (QED) is 0.609. The maximum atomic E-state index is 12.5. The molecule has 1 fully saturated rings. The molecular formula is C11H22N2O6S. The van der Waals surface area contributed by atoms with Crippen molar-refractivity contribution in [3.05, 3.63) is 0 Å². The van der Waals surface area contributed by atoms with Gasteiger partial charge in [0.05, 0.1) is 13.2 Å². The van der Waals surface area contributed by atoms with Crippen LogP contribution >= 0.6 is 0 Å². The first-order chi connectivity index (χ1) is 9.45. The SMILES string of the molecule is COCCN(CCOC)S(=O)(=O)N1CCC[C@H]1C(=O)O. The Morgan fingerprint density at radius 3 is 2.30 bits per heavy atom. The minimum absolute atomic E-state index is 0.172. The number of ether oxygens (including phenoxy) is 2. The van der Waals surface area contributed by atoms with Gasteiger partial charge in [-0.15, -0.1) is 0 Å². The number of aliphatic carboxylic acids is 1. The predicted octanol–water partition coefficient (Wildman–Crippen LogP) is -0.625. The molecule has 20 heavy (non-hydrogen) atoms. The van der Waals surface area contributed by atoms with Gasteiger partial charge in [-0.1, -0.05) is 0 Å². The summed E-state index contributed by atoms with van der Waals surface area (Å²) >= 11 is 0. The fourth-order valence-electron chi connectivity index (χ4n) is 2.14. The second kappa shape index (κ2) is 7.89. The van der Waals surface area contributed by atoms with E-state index in [1.165, 1.54) is 18.5 Å². The molecule has 0 aliphatic carbocycles. The third-order valence-electron chi connectivity index (χ3n) is 3.20. The zero-order valence-electron chi connectivity index (χ0n) is 11.8. The van der Waals surface area contributed by atoms with Crippen molar-refractivity contribution in [2.45, 2.75) is 18.9 Å². The van der Waals surface area contributed by atoms with Gasteiger partial charge < -0.3 is 14.6 Å². The van der Waals surface area contributed by atoms with E-state index < -0.39 is 22.2 Å². The summed E-state index contributed by atoms with van der Waals surface area (Å²) in [7, 11) is -0.847. The van der Waals surface area contributed by atoms with Gasteiger partial charge in [0, 0.05) is 33.9 Å². The number of carboxylic acids is 1. The third kappa shape index (κ3) is 4.13. The molecule has 0 radical (unpaired) electrons. The molecule has 1 aliphatic heterocycles. The van der Waals surface area contributed by atoms with Crippen molar-refractivity contribution in [1.29, 1.82) is 0 Å². The third-order valence-corrected chi connectivity index (χ3v) is 5.25. The van der Waals surface area contributed by atoms with Crippen molar-refractivity contribution in [3.8, 4) is 0 Å². The summed E-state index contributed by atoms with van der Waals surface area (Å²) in [6.45, 7) is 1.06. The molecule has 1 saturated heterocycles. The second-order valence-corrected chi connectivity index (χ2v) is 6.38. The number of carboxylic acid groups (broad SMARTS) is 1. The molecule has 0 amide bonds. The number of hydrogen-bond donors (Lipinski definition) is 1. The molecule has 0 unspecified atom stereocenters. The van der Waals surface area contributed by atoms with E-state index in [4.69, 9.17) is 14.6 Å². The Bertz CT molecular complexity index is 405. The lowest BCUT2D eigenvalue weighted by molar-refractivity contribution is -0.140. The van der Waals surface area contributed by atoms with E-state index in [9.17, 15) is 13.2 Å². The van der Waals surface area contributed by atoms with Crippen LogP contribution in [0.25, 0.3) is 0 Å². The molecular weight excluding hydrogens is 288 g/mol. The number of methoxy groups -OCH3 is 2. The normalized spacial score (nSPS) is 20.6. The number of hydrogen-bond acceptors (Lipinski definition) is 5. The fraction of sp³-hybridized carbons (Fsp3) is 0.909. The lowest BCUT2D eigenvalue weighted by Crippen LogP contribution is -2.50. The van der Waals surface area contributed by atoms with Gasteiger partial charge in [0.2, 0.25) is 0 Å². The maximum Gasteiger partial charge on any atom is 0.322 e. The van der Waals surface area contributed by atoms with Gasteiger partial charge in [0.25, 0.3) is 10.2 Å². The monoisotopic (exact) mass is 310 g/mol. The molecule has 8 nitrogen and oxygen atoms in total. The molecule has 1 heterocycles. The first-order valence-electron chi connectivity index (χ1n) is 6.42. The molecule has 0 bridgehead atoms. The molecule has 0 spiro atoms. The van der Waals surface area contributed by atoms with Crippen LogP contribution in [0.3, 0.4) is 0 Å². The zero-order chi connectivity index (χ0) is 15.2. The van der Waals surface area contributed by atoms with E-state index in [-0.39, 0.29) is 32.8 Å². The minimum Gasteiger partial charge on any atom is -0.480 e. The molecule has 1 rings (SSSR count). The van der Waals surface area contributed by atoms with Crippen LogP contribution in [0.1, 0.15) is 12.8 Å². The topological polar surface area (TPSA) is 96.4 Å². The van der Waals surface area contributed by atoms with Crippen LogP contribution in [0.2, 0.25) is 0 Å². The first kappa shape index (κ1) is 17.3. The van der Waals surface area contributed by atoms with Crippen molar-refractivity contribution >= 4 is 16.2 Å². The molecule has 118 valence electrons. The second-order valence-electron chi connectivity index (χ2n) is 4.50. The lowest BCUT2D eigenvalue weighted by atomic mass is 10.2. The summed E-state index contributed by atoms with van der Waals surface area (Å²) in [5.74, 6) is -1.11. The average molecular weight is 310 g/mol. The van der Waals surface area contributed by atoms with Crippen LogP contribution in [0.4, 0.5) is 0 Å². The van der Waals surface area contributed by atoms with Gasteiger partial charge in [-0.2, -0.15) is 17.0 Å². The number of carbonyl (C=O) groups is 1. The Morgan fingerprint density at radius 1 is 1.30 bits per heavy atom. The smallest absolute Gasteiger partial charge is 0.322 e. The number of rotatable bonds is 9. The van der Waals surface area contributed by atoms with Crippen LogP contribution in [0.5, 0.6) is 0 Å². The predicted molar refractivity (Wildman–Crippen MR) is 71.6 cm³/mol. The molecule has 0 aromatic carbocycles. The van der Waals surface area contributed by atoms with Crippen molar-refractivity contribution in [3.63, 3.8) is 0 Å². The lowest BCUT2D eigenvalue weighted by Gasteiger charge is -2.29. The summed E-state index contributed by atoms with van der Waals surface area (Å²) in [6.07, 6.45) is 0.898. The Hall–Kier alpha value is -0.740. The van der Waals surface area contributed by atoms with Gasteiger partial charge >= 0.3 is 5.97 Å². The molecule has 1 atom stereocenters. The highest BCUT2D eigenvalue weighted by Gasteiger charge is 2.41. The van der Waals surface area contributed by atoms with E-state index >= 15 is 0 Å². The molecule has 0 saturated carbocycles. The van der Waals surface area contributed by atoms with E-state index in [0.717, 1.165) is 4.31 Å². The van der Waals surface area contributed by atoms with Gasteiger partial charge in [0.15, 0.2) is 0 Å². The average Bonchev–Trinajstić information content (AvgIpc) is 2.88. The van der Waals surface area contributed by atoms with Crippen LogP contribution in [0.15, 0.2) is 0 Å². The van der Waals surface area contributed by atoms with Crippen molar-refractivity contribution < 1.29 is 27.8 Å². The maximum absolute atomic E-state index is 12.5. The van der Waals surface area contributed by atoms with E-state index in [2.05, 4.69) is 0 Å². The van der Waals surface area contributed by atoms with E-state index in [1.807, 2.05) is 0 Å². The highest BCUT2D eigenvalue weighted by Crippen LogP contribution is 2.23. The Morgan fingerprint density at radius 2 is 1.85 bits per heavy atom. The van der Waals surface area contributed by atoms with Crippen LogP contribution in [0, 0.1) is 0 Å². The van der Waals surface area contributed by atoms with Crippen molar-refractivity contribution in [1.82, 2.24) is 8.61 Å². The van der Waals surface area contributed by atoms with Crippen LogP contribution in [-0.2, 0) is 24.5 Å². The van der Waals surface area contributed by atoms with Gasteiger partial charge in [0.1, 0.15) is 6.04 Å². The van der Waals surface area contributed by atoms with Gasteiger partial charge in [-0.3, -0.25) is 4.79 Å². The summed E-state index contributed by atoms with van der Waals surface area (Å²) in [4.78, 5) is 11.1. The number of nitrogens with zero attached hydrogens (tertiary/aromatic N) is 2. The van der Waals surface area contributed by atoms with E-state index in [0.29, 0.717) is 12.8 Å². The van der Waals surface area contributed by atoms with Crippen LogP contribution in [-0.4, -0.2) is 81.2 Å². The zero-order valence-corrected chi connectivity index (χ0v) is 12.6. The van der Waals surface area contributed by atoms with Crippen LogP contribution < -0.4 is 0 Å². The first-order valence-corrected chi connectivity index (χ1v) is 7.82. The molecule has 1 N–H and O–H groups in total. The minimum atomic E-state index is -3.81. The van der Waals surface area contributed by atoms with Gasteiger partial charge in [-0.05, 0) is 12.8 Å². The molecule has 0 aromatic rings. The Kier molecular flexibility index (Phi) is 6.83. The Labute approximate surface area is 119 Å².